The Morgan fingerprint density at radius 1 is 1.19 bits per heavy atom. The number of hydrogen-bond acceptors (Lipinski definition) is 4. The van der Waals surface area contributed by atoms with Gasteiger partial charge in [-0.05, 0) is 51.2 Å². The fraction of sp³-hybridized carbons (Fsp3) is 0.571. The van der Waals surface area contributed by atoms with E-state index in [0.717, 1.165) is 44.8 Å². The number of phenolic OH excluding ortho intramolecular Hbond substituents is 1. The maximum atomic E-state index is 12.5. The summed E-state index contributed by atoms with van der Waals surface area (Å²) in [5.41, 5.74) is 2.38. The maximum absolute atomic E-state index is 12.5. The monoisotopic (exact) mass is 357 g/mol. The molecule has 142 valence electrons. The maximum Gasteiger partial charge on any atom is 0.237 e. The topological polar surface area (TPSA) is 55.8 Å². The van der Waals surface area contributed by atoms with Crippen LogP contribution in [0.4, 0.5) is 5.69 Å². The van der Waals surface area contributed by atoms with Crippen LogP contribution in [0.3, 0.4) is 0 Å². The van der Waals surface area contributed by atoms with Crippen LogP contribution in [-0.4, -0.2) is 54.7 Å². The zero-order chi connectivity index (χ0) is 18.4. The van der Waals surface area contributed by atoms with E-state index in [-0.39, 0.29) is 11.9 Å². The van der Waals surface area contributed by atoms with Gasteiger partial charge in [0.1, 0.15) is 5.75 Å². The van der Waals surface area contributed by atoms with Gasteiger partial charge in [-0.25, -0.2) is 0 Å². The number of nitrogens with one attached hydrogen (secondary N) is 1. The Kier molecular flexibility index (Phi) is 6.56. The van der Waals surface area contributed by atoms with E-state index in [2.05, 4.69) is 21.2 Å². The van der Waals surface area contributed by atoms with Gasteiger partial charge in [-0.3, -0.25) is 9.69 Å². The Labute approximate surface area is 156 Å². The first kappa shape index (κ1) is 18.8. The lowest BCUT2D eigenvalue weighted by molar-refractivity contribution is -0.126. The number of carbonyl (C=O) groups is 1. The smallest absolute Gasteiger partial charge is 0.237 e. The molecular formula is C21H31N3O2. The molecule has 0 spiro atoms. The Balaban J connectivity index is 1.42. The average Bonchev–Trinajstić information content (AvgIpc) is 2.69. The first-order chi connectivity index (χ1) is 12.6. The summed E-state index contributed by atoms with van der Waals surface area (Å²) >= 11 is 0. The normalized spacial score (nSPS) is 19.7. The van der Waals surface area contributed by atoms with Crippen molar-refractivity contribution in [1.29, 1.82) is 0 Å². The van der Waals surface area contributed by atoms with Crippen molar-refractivity contribution in [1.82, 2.24) is 10.2 Å². The van der Waals surface area contributed by atoms with Crippen LogP contribution in [0.1, 0.15) is 39.0 Å². The third-order valence-electron chi connectivity index (χ3n) is 5.59. The van der Waals surface area contributed by atoms with Gasteiger partial charge in [-0.15, -0.1) is 0 Å². The number of amides is 1. The minimum atomic E-state index is -0.109. The zero-order valence-electron chi connectivity index (χ0n) is 15.8. The minimum Gasteiger partial charge on any atom is -0.506 e. The minimum absolute atomic E-state index is 0.109. The fourth-order valence-corrected chi connectivity index (χ4v) is 3.87. The van der Waals surface area contributed by atoms with Crippen molar-refractivity contribution in [2.24, 2.45) is 0 Å². The van der Waals surface area contributed by atoms with Crippen LogP contribution in [0.2, 0.25) is 0 Å². The third-order valence-corrected chi connectivity index (χ3v) is 5.59. The van der Waals surface area contributed by atoms with E-state index in [0.29, 0.717) is 5.75 Å². The molecule has 0 aromatic heterocycles. The molecule has 1 fully saturated rings. The number of carbonyl (C=O) groups excluding carboxylic acids is 1. The van der Waals surface area contributed by atoms with Crippen LogP contribution >= 0.6 is 0 Å². The van der Waals surface area contributed by atoms with Gasteiger partial charge in [0.25, 0.3) is 0 Å². The molecule has 1 saturated heterocycles. The Morgan fingerprint density at radius 3 is 2.65 bits per heavy atom. The molecule has 1 aliphatic heterocycles. The number of benzene rings is 1. The van der Waals surface area contributed by atoms with Gasteiger partial charge >= 0.3 is 0 Å². The Bertz CT molecular complexity index is 636. The molecule has 5 nitrogen and oxygen atoms in total. The van der Waals surface area contributed by atoms with Crippen LogP contribution in [0.15, 0.2) is 35.9 Å². The predicted molar refractivity (Wildman–Crippen MR) is 106 cm³/mol. The molecule has 1 aromatic carbocycles. The summed E-state index contributed by atoms with van der Waals surface area (Å²) in [5, 5.41) is 13.1. The molecule has 26 heavy (non-hydrogen) atoms. The summed E-state index contributed by atoms with van der Waals surface area (Å²) < 4.78 is 0. The van der Waals surface area contributed by atoms with Crippen molar-refractivity contribution in [2.75, 3.05) is 37.6 Å². The van der Waals surface area contributed by atoms with Crippen molar-refractivity contribution in [2.45, 2.75) is 45.1 Å². The van der Waals surface area contributed by atoms with Gasteiger partial charge in [-0.2, -0.15) is 0 Å². The van der Waals surface area contributed by atoms with Crippen molar-refractivity contribution < 1.29 is 9.90 Å². The first-order valence-electron chi connectivity index (χ1n) is 9.88. The molecule has 1 amide bonds. The van der Waals surface area contributed by atoms with Crippen molar-refractivity contribution >= 4 is 11.6 Å². The summed E-state index contributed by atoms with van der Waals surface area (Å²) in [5.74, 6) is 0.446. The second-order valence-corrected chi connectivity index (χ2v) is 7.34. The number of piperazine rings is 1. The molecular weight excluding hydrogens is 326 g/mol. The number of allylic oxidation sites excluding steroid dienone is 1. The number of anilines is 1. The van der Waals surface area contributed by atoms with Crippen LogP contribution in [0.25, 0.3) is 0 Å². The highest BCUT2D eigenvalue weighted by molar-refractivity contribution is 5.81. The summed E-state index contributed by atoms with van der Waals surface area (Å²) in [4.78, 5) is 16.9. The lowest BCUT2D eigenvalue weighted by atomic mass is 9.97. The van der Waals surface area contributed by atoms with Crippen LogP contribution in [0, 0.1) is 0 Å². The molecule has 0 unspecified atom stereocenters. The number of hydrogen-bond donors (Lipinski definition) is 2. The van der Waals surface area contributed by atoms with Crippen LogP contribution in [0.5, 0.6) is 5.75 Å². The molecule has 0 radical (unpaired) electrons. The number of rotatable bonds is 6. The highest BCUT2D eigenvalue weighted by atomic mass is 16.3. The zero-order valence-corrected chi connectivity index (χ0v) is 15.8. The van der Waals surface area contributed by atoms with Crippen LogP contribution < -0.4 is 10.2 Å². The molecule has 5 heteroatoms. The average molecular weight is 357 g/mol. The van der Waals surface area contributed by atoms with E-state index >= 15 is 0 Å². The van der Waals surface area contributed by atoms with E-state index in [9.17, 15) is 9.90 Å². The lowest BCUT2D eigenvalue weighted by Gasteiger charge is -2.38. The number of aromatic hydroxyl groups is 1. The van der Waals surface area contributed by atoms with E-state index in [1.54, 1.807) is 6.07 Å². The standard InChI is InChI=1S/C21H31N3O2/c1-17(21(26)22-12-11-18-7-3-2-4-8-18)23-13-15-24(16-14-23)19-9-5-6-10-20(19)25/h5-7,9-10,17,25H,2-4,8,11-16H2,1H3,(H,22,26)/t17-/m1/s1. The van der Waals surface area contributed by atoms with Crippen molar-refractivity contribution in [3.8, 4) is 5.75 Å². The highest BCUT2D eigenvalue weighted by Gasteiger charge is 2.26. The largest absolute Gasteiger partial charge is 0.506 e. The van der Waals surface area contributed by atoms with E-state index in [1.165, 1.54) is 31.3 Å². The highest BCUT2D eigenvalue weighted by Crippen LogP contribution is 2.27. The SMILES string of the molecule is C[C@H](C(=O)NCCC1=CCCCC1)N1CCN(c2ccccc2O)CC1. The number of nitrogens with zero attached hydrogens (tertiary/aromatic N) is 2. The summed E-state index contributed by atoms with van der Waals surface area (Å²) in [7, 11) is 0. The fourth-order valence-electron chi connectivity index (χ4n) is 3.87. The lowest BCUT2D eigenvalue weighted by Crippen LogP contribution is -2.54. The Morgan fingerprint density at radius 2 is 1.96 bits per heavy atom. The van der Waals surface area contributed by atoms with E-state index in [1.807, 2.05) is 25.1 Å². The molecule has 3 rings (SSSR count). The molecule has 2 aliphatic rings. The van der Waals surface area contributed by atoms with Crippen LogP contribution in [-0.2, 0) is 4.79 Å². The van der Waals surface area contributed by atoms with Crippen molar-refractivity contribution in [3.05, 3.63) is 35.9 Å². The quantitative estimate of drug-likeness (QED) is 0.769. The number of phenols is 1. The molecule has 1 aliphatic carbocycles. The summed E-state index contributed by atoms with van der Waals surface area (Å²) in [6.07, 6.45) is 8.31. The van der Waals surface area contributed by atoms with Gasteiger partial charge in [0, 0.05) is 32.7 Å². The predicted octanol–water partition coefficient (Wildman–Crippen LogP) is 2.91. The van der Waals surface area contributed by atoms with Gasteiger partial charge in [0.2, 0.25) is 5.91 Å². The molecule has 0 saturated carbocycles. The van der Waals surface area contributed by atoms with E-state index in [4.69, 9.17) is 0 Å². The molecule has 0 bridgehead atoms. The first-order valence-corrected chi connectivity index (χ1v) is 9.88. The molecule has 1 aromatic rings. The summed E-state index contributed by atoms with van der Waals surface area (Å²) in [6.45, 7) is 6.03. The van der Waals surface area contributed by atoms with Gasteiger partial charge in [0.15, 0.2) is 0 Å². The van der Waals surface area contributed by atoms with Gasteiger partial charge in [-0.1, -0.05) is 23.8 Å². The second-order valence-electron chi connectivity index (χ2n) is 7.34. The van der Waals surface area contributed by atoms with E-state index < -0.39 is 0 Å². The van der Waals surface area contributed by atoms with Gasteiger partial charge in [0.05, 0.1) is 11.7 Å². The summed E-state index contributed by atoms with van der Waals surface area (Å²) in [6, 6.07) is 7.34. The Hall–Kier alpha value is -2.01. The number of para-hydroxylation sites is 2. The second kappa shape index (κ2) is 9.08. The molecule has 1 heterocycles. The molecule has 2 N–H and O–H groups in total. The third kappa shape index (κ3) is 4.79. The van der Waals surface area contributed by atoms with Crippen molar-refractivity contribution in [3.63, 3.8) is 0 Å². The van der Waals surface area contributed by atoms with Gasteiger partial charge < -0.3 is 15.3 Å². The molecule has 1 atom stereocenters.